The molecule has 4 nitrogen and oxygen atoms in total. The van der Waals surface area contributed by atoms with Crippen LogP contribution in [0.1, 0.15) is 27.2 Å². The molecule has 0 aliphatic heterocycles. The molecule has 1 aromatic heterocycles. The summed E-state index contributed by atoms with van der Waals surface area (Å²) in [4.78, 5) is 16.1. The number of methoxy groups -OCH3 is 1. The van der Waals surface area contributed by atoms with E-state index in [-0.39, 0.29) is 5.97 Å². The van der Waals surface area contributed by atoms with E-state index in [0.29, 0.717) is 12.1 Å². The number of pyridine rings is 1. The first-order valence-electron chi connectivity index (χ1n) is 6.44. The number of carbonyl (C=O) groups is 1. The van der Waals surface area contributed by atoms with Gasteiger partial charge in [-0.3, -0.25) is 4.98 Å². The van der Waals surface area contributed by atoms with Gasteiger partial charge < -0.3 is 10.1 Å². The number of nitrogens with one attached hydrogen (secondary N) is 1. The molecule has 0 radical (unpaired) electrons. The van der Waals surface area contributed by atoms with E-state index >= 15 is 0 Å². The topological polar surface area (TPSA) is 51.2 Å². The fourth-order valence-corrected chi connectivity index (χ4v) is 1.88. The number of hydrogen-bond acceptors (Lipinski definition) is 4. The molecule has 0 bridgehead atoms. The molecule has 0 fully saturated rings. The van der Waals surface area contributed by atoms with Crippen LogP contribution in [-0.2, 0) is 11.3 Å². The van der Waals surface area contributed by atoms with Crippen LogP contribution in [-0.4, -0.2) is 18.1 Å². The molecule has 0 atom stereocenters. The van der Waals surface area contributed by atoms with Crippen molar-refractivity contribution in [3.63, 3.8) is 0 Å². The van der Waals surface area contributed by atoms with Crippen LogP contribution in [0.15, 0.2) is 36.5 Å². The number of hydrogen-bond donors (Lipinski definition) is 1. The first-order chi connectivity index (χ1) is 9.60. The summed E-state index contributed by atoms with van der Waals surface area (Å²) in [6.07, 6.45) is 1.83. The second kappa shape index (κ2) is 6.19. The van der Waals surface area contributed by atoms with E-state index < -0.39 is 0 Å². The molecule has 104 valence electrons. The summed E-state index contributed by atoms with van der Waals surface area (Å²) >= 11 is 0. The predicted molar refractivity (Wildman–Crippen MR) is 78.8 cm³/mol. The van der Waals surface area contributed by atoms with Crippen LogP contribution in [0.25, 0.3) is 0 Å². The molecule has 1 N–H and O–H groups in total. The van der Waals surface area contributed by atoms with Crippen molar-refractivity contribution in [2.75, 3.05) is 12.4 Å². The zero-order chi connectivity index (χ0) is 14.5. The molecule has 0 unspecified atom stereocenters. The second-order valence-corrected chi connectivity index (χ2v) is 4.72. The highest BCUT2D eigenvalue weighted by atomic mass is 16.5. The van der Waals surface area contributed by atoms with Gasteiger partial charge in [-0.05, 0) is 37.6 Å². The first kappa shape index (κ1) is 14.1. The Kier molecular flexibility index (Phi) is 4.35. The third kappa shape index (κ3) is 3.35. The minimum absolute atomic E-state index is 0.340. The van der Waals surface area contributed by atoms with Crippen LogP contribution in [0, 0.1) is 13.8 Å². The van der Waals surface area contributed by atoms with Crippen LogP contribution >= 0.6 is 0 Å². The predicted octanol–water partition coefficient (Wildman–Crippen LogP) is 3.10. The molecule has 0 spiro atoms. The van der Waals surface area contributed by atoms with Gasteiger partial charge in [0.05, 0.1) is 24.9 Å². The number of anilines is 1. The van der Waals surface area contributed by atoms with Crippen molar-refractivity contribution in [1.82, 2.24) is 4.98 Å². The van der Waals surface area contributed by atoms with E-state index in [4.69, 9.17) is 4.74 Å². The maximum Gasteiger partial charge on any atom is 0.339 e. The van der Waals surface area contributed by atoms with Gasteiger partial charge in [0, 0.05) is 11.9 Å². The zero-order valence-corrected chi connectivity index (χ0v) is 11.9. The quantitative estimate of drug-likeness (QED) is 0.867. The van der Waals surface area contributed by atoms with Crippen LogP contribution in [0.4, 0.5) is 5.69 Å². The molecule has 0 amide bonds. The summed E-state index contributed by atoms with van der Waals surface area (Å²) in [5.41, 5.74) is 4.36. The van der Waals surface area contributed by atoms with Gasteiger partial charge in [0.1, 0.15) is 0 Å². The molecule has 1 heterocycles. The van der Waals surface area contributed by atoms with E-state index in [1.165, 1.54) is 7.11 Å². The molecule has 0 aliphatic rings. The van der Waals surface area contributed by atoms with Gasteiger partial charge in [-0.1, -0.05) is 17.7 Å². The number of carbonyl (C=O) groups excluding carboxylic acids is 1. The van der Waals surface area contributed by atoms with Gasteiger partial charge in [0.2, 0.25) is 0 Å². The monoisotopic (exact) mass is 270 g/mol. The van der Waals surface area contributed by atoms with E-state index in [0.717, 1.165) is 22.5 Å². The van der Waals surface area contributed by atoms with Gasteiger partial charge in [-0.25, -0.2) is 4.79 Å². The molecule has 0 aliphatic carbocycles. The minimum Gasteiger partial charge on any atom is -0.465 e. The average Bonchev–Trinajstić information content (AvgIpc) is 2.46. The summed E-state index contributed by atoms with van der Waals surface area (Å²) in [6.45, 7) is 4.50. The average molecular weight is 270 g/mol. The Balaban J connectivity index is 2.16. The van der Waals surface area contributed by atoms with E-state index in [1.807, 2.05) is 50.4 Å². The number of ether oxygens (including phenoxy) is 1. The number of benzene rings is 1. The molecule has 1 aromatic carbocycles. The van der Waals surface area contributed by atoms with Gasteiger partial charge >= 0.3 is 5.97 Å². The lowest BCUT2D eigenvalue weighted by molar-refractivity contribution is 0.0601. The van der Waals surface area contributed by atoms with Crippen molar-refractivity contribution in [2.45, 2.75) is 20.4 Å². The lowest BCUT2D eigenvalue weighted by Gasteiger charge is -2.11. The lowest BCUT2D eigenvalue weighted by atomic mass is 10.1. The maximum absolute atomic E-state index is 11.8. The second-order valence-electron chi connectivity index (χ2n) is 4.72. The number of rotatable bonds is 4. The number of aromatic nitrogens is 1. The van der Waals surface area contributed by atoms with Crippen LogP contribution in [0.5, 0.6) is 0 Å². The van der Waals surface area contributed by atoms with E-state index in [9.17, 15) is 4.79 Å². The van der Waals surface area contributed by atoms with Crippen molar-refractivity contribution >= 4 is 11.7 Å². The van der Waals surface area contributed by atoms with Crippen LogP contribution in [0.3, 0.4) is 0 Å². The highest BCUT2D eigenvalue weighted by molar-refractivity contribution is 5.95. The molecular formula is C16H18N2O2. The Morgan fingerprint density at radius 2 is 1.95 bits per heavy atom. The largest absolute Gasteiger partial charge is 0.465 e. The highest BCUT2D eigenvalue weighted by Gasteiger charge is 2.11. The molecule has 4 heteroatoms. The smallest absolute Gasteiger partial charge is 0.339 e. The summed E-state index contributed by atoms with van der Waals surface area (Å²) in [5, 5.41) is 3.23. The molecular weight excluding hydrogens is 252 g/mol. The highest BCUT2D eigenvalue weighted by Crippen LogP contribution is 2.19. The third-order valence-electron chi connectivity index (χ3n) is 3.01. The Bertz CT molecular complexity index is 606. The Morgan fingerprint density at radius 3 is 2.60 bits per heavy atom. The number of nitrogens with zero attached hydrogens (tertiary/aromatic N) is 1. The van der Waals surface area contributed by atoms with Crippen molar-refractivity contribution in [3.05, 3.63) is 58.9 Å². The fourth-order valence-electron chi connectivity index (χ4n) is 1.88. The van der Waals surface area contributed by atoms with E-state index in [2.05, 4.69) is 10.3 Å². The van der Waals surface area contributed by atoms with Crippen LogP contribution < -0.4 is 5.32 Å². The van der Waals surface area contributed by atoms with Crippen molar-refractivity contribution in [1.29, 1.82) is 0 Å². The minimum atomic E-state index is -0.340. The summed E-state index contributed by atoms with van der Waals surface area (Å²) in [7, 11) is 1.38. The van der Waals surface area contributed by atoms with Gasteiger partial charge in [0.15, 0.2) is 0 Å². The number of esters is 1. The SMILES string of the molecule is COC(=O)c1cc(C)ccc1NCc1ccc(C)cn1. The first-order valence-corrected chi connectivity index (χ1v) is 6.44. The van der Waals surface area contributed by atoms with Gasteiger partial charge in [-0.2, -0.15) is 0 Å². The molecule has 2 aromatic rings. The van der Waals surface area contributed by atoms with E-state index in [1.54, 1.807) is 0 Å². The Labute approximate surface area is 118 Å². The Hall–Kier alpha value is -2.36. The third-order valence-corrected chi connectivity index (χ3v) is 3.01. The van der Waals surface area contributed by atoms with Crippen molar-refractivity contribution < 1.29 is 9.53 Å². The molecule has 2 rings (SSSR count). The number of aryl methyl sites for hydroxylation is 2. The summed E-state index contributed by atoms with van der Waals surface area (Å²) < 4.78 is 4.81. The lowest BCUT2D eigenvalue weighted by Crippen LogP contribution is -2.09. The molecule has 0 saturated heterocycles. The normalized spacial score (nSPS) is 10.2. The van der Waals surface area contributed by atoms with Crippen molar-refractivity contribution in [3.8, 4) is 0 Å². The fraction of sp³-hybridized carbons (Fsp3) is 0.250. The summed E-state index contributed by atoms with van der Waals surface area (Å²) in [5.74, 6) is -0.340. The van der Waals surface area contributed by atoms with Crippen molar-refractivity contribution in [2.24, 2.45) is 0 Å². The zero-order valence-electron chi connectivity index (χ0n) is 11.9. The maximum atomic E-state index is 11.8. The molecule has 0 saturated carbocycles. The standard InChI is InChI=1S/C16H18N2O2/c1-11-5-7-15(14(8-11)16(19)20-3)18-10-13-6-4-12(2)9-17-13/h4-9,18H,10H2,1-3H3. The molecule has 20 heavy (non-hydrogen) atoms. The van der Waals surface area contributed by atoms with Gasteiger partial charge in [0.25, 0.3) is 0 Å². The Morgan fingerprint density at radius 1 is 1.20 bits per heavy atom. The van der Waals surface area contributed by atoms with Gasteiger partial charge in [-0.15, -0.1) is 0 Å². The van der Waals surface area contributed by atoms with Crippen LogP contribution in [0.2, 0.25) is 0 Å². The summed E-state index contributed by atoms with van der Waals surface area (Å²) in [6, 6.07) is 9.64.